The second kappa shape index (κ2) is 6.05. The lowest BCUT2D eigenvalue weighted by Gasteiger charge is -2.16. The van der Waals surface area contributed by atoms with Gasteiger partial charge in [0.25, 0.3) is 5.89 Å². The van der Waals surface area contributed by atoms with Gasteiger partial charge in [0, 0.05) is 23.7 Å². The molecule has 2 aliphatic carbocycles. The third-order valence-electron chi connectivity index (χ3n) is 5.32. The maximum atomic E-state index is 6.09. The van der Waals surface area contributed by atoms with Crippen LogP contribution in [0, 0.1) is 6.92 Å². The van der Waals surface area contributed by atoms with Crippen LogP contribution in [0.1, 0.15) is 72.9 Å². The molecule has 0 unspecified atom stereocenters. The molecule has 0 aromatic carbocycles. The quantitative estimate of drug-likeness (QED) is 0.895. The first kappa shape index (κ1) is 15.3. The van der Waals surface area contributed by atoms with Crippen molar-refractivity contribution in [2.45, 2.75) is 70.0 Å². The van der Waals surface area contributed by atoms with Gasteiger partial charge in [-0.25, -0.2) is 9.97 Å². The van der Waals surface area contributed by atoms with Gasteiger partial charge in [-0.05, 0) is 51.9 Å². The molecule has 5 rings (SSSR count). The SMILES string of the molecule is Cc1noc([C@@H]2CC[C@H](CNc3nc(C4CC4)nc4c3CCC4)O2)n1. The van der Waals surface area contributed by atoms with Crippen molar-refractivity contribution in [3.05, 3.63) is 28.8 Å². The van der Waals surface area contributed by atoms with Crippen molar-refractivity contribution >= 4 is 5.82 Å². The third kappa shape index (κ3) is 3.01. The highest BCUT2D eigenvalue weighted by molar-refractivity contribution is 5.49. The summed E-state index contributed by atoms with van der Waals surface area (Å²) in [5, 5.41) is 7.40. The molecule has 3 heterocycles. The van der Waals surface area contributed by atoms with Crippen LogP contribution in [0.4, 0.5) is 5.82 Å². The van der Waals surface area contributed by atoms with Crippen LogP contribution in [0.15, 0.2) is 4.52 Å². The van der Waals surface area contributed by atoms with Gasteiger partial charge in [-0.3, -0.25) is 0 Å². The zero-order chi connectivity index (χ0) is 16.8. The molecule has 1 aliphatic heterocycles. The lowest BCUT2D eigenvalue weighted by atomic mass is 10.2. The Morgan fingerprint density at radius 1 is 1.08 bits per heavy atom. The Labute approximate surface area is 146 Å². The van der Waals surface area contributed by atoms with E-state index in [0.717, 1.165) is 43.9 Å². The lowest BCUT2D eigenvalue weighted by molar-refractivity contribution is 0.0326. The van der Waals surface area contributed by atoms with E-state index >= 15 is 0 Å². The molecule has 0 spiro atoms. The third-order valence-corrected chi connectivity index (χ3v) is 5.32. The summed E-state index contributed by atoms with van der Waals surface area (Å²) in [6.07, 6.45) is 7.80. The Bertz CT molecular complexity index is 786. The van der Waals surface area contributed by atoms with Crippen molar-refractivity contribution in [1.29, 1.82) is 0 Å². The number of aromatic nitrogens is 4. The molecule has 1 saturated heterocycles. The van der Waals surface area contributed by atoms with E-state index in [1.807, 2.05) is 6.92 Å². The molecule has 0 bridgehead atoms. The number of fused-ring (bicyclic) bond motifs is 1. The fourth-order valence-electron chi connectivity index (χ4n) is 3.81. The predicted octanol–water partition coefficient (Wildman–Crippen LogP) is 2.87. The summed E-state index contributed by atoms with van der Waals surface area (Å²) in [6.45, 7) is 2.59. The summed E-state index contributed by atoms with van der Waals surface area (Å²) < 4.78 is 11.3. The standard InChI is InChI=1S/C18H23N5O2/c1-10-20-18(25-23-10)15-8-7-12(24-15)9-19-17-13-3-2-4-14(13)21-16(22-17)11-5-6-11/h11-12,15H,2-9H2,1H3,(H,19,21,22)/t12-,15+/m1/s1. The summed E-state index contributed by atoms with van der Waals surface area (Å²) in [7, 11) is 0. The number of hydrogen-bond acceptors (Lipinski definition) is 7. The fraction of sp³-hybridized carbons (Fsp3) is 0.667. The van der Waals surface area contributed by atoms with Gasteiger partial charge in [0.15, 0.2) is 5.82 Å². The minimum atomic E-state index is -0.0776. The minimum Gasteiger partial charge on any atom is -0.367 e. The Balaban J connectivity index is 1.26. The lowest BCUT2D eigenvalue weighted by Crippen LogP contribution is -2.21. The number of nitrogens with zero attached hydrogens (tertiary/aromatic N) is 4. The number of nitrogens with one attached hydrogen (secondary N) is 1. The van der Waals surface area contributed by atoms with Crippen molar-refractivity contribution in [2.75, 3.05) is 11.9 Å². The van der Waals surface area contributed by atoms with E-state index in [2.05, 4.69) is 15.5 Å². The average molecular weight is 341 g/mol. The van der Waals surface area contributed by atoms with Crippen LogP contribution in [0.2, 0.25) is 0 Å². The molecule has 0 radical (unpaired) electrons. The van der Waals surface area contributed by atoms with Gasteiger partial charge in [-0.1, -0.05) is 5.16 Å². The first-order valence-electron chi connectivity index (χ1n) is 9.35. The number of anilines is 1. The molecule has 3 aliphatic rings. The summed E-state index contributed by atoms with van der Waals surface area (Å²) in [4.78, 5) is 13.9. The van der Waals surface area contributed by atoms with Crippen LogP contribution in [-0.2, 0) is 17.6 Å². The van der Waals surface area contributed by atoms with Crippen molar-refractivity contribution in [3.8, 4) is 0 Å². The Hall–Kier alpha value is -2.02. The van der Waals surface area contributed by atoms with Crippen LogP contribution in [0.5, 0.6) is 0 Å². The van der Waals surface area contributed by atoms with Crippen LogP contribution >= 0.6 is 0 Å². The van der Waals surface area contributed by atoms with Crippen molar-refractivity contribution in [2.24, 2.45) is 0 Å². The zero-order valence-corrected chi connectivity index (χ0v) is 14.5. The highest BCUT2D eigenvalue weighted by Crippen LogP contribution is 2.40. The van der Waals surface area contributed by atoms with Crippen molar-refractivity contribution in [3.63, 3.8) is 0 Å². The van der Waals surface area contributed by atoms with E-state index in [4.69, 9.17) is 19.2 Å². The normalized spacial score (nSPS) is 25.3. The van der Waals surface area contributed by atoms with Crippen molar-refractivity contribution < 1.29 is 9.26 Å². The first-order valence-corrected chi connectivity index (χ1v) is 9.35. The molecule has 132 valence electrons. The maximum absolute atomic E-state index is 6.09. The van der Waals surface area contributed by atoms with Gasteiger partial charge < -0.3 is 14.6 Å². The van der Waals surface area contributed by atoms with E-state index in [1.54, 1.807) is 0 Å². The molecule has 0 amide bonds. The molecule has 7 heteroatoms. The molecular formula is C18H23N5O2. The van der Waals surface area contributed by atoms with E-state index < -0.39 is 0 Å². The monoisotopic (exact) mass is 341 g/mol. The van der Waals surface area contributed by atoms with Gasteiger partial charge in [0.2, 0.25) is 0 Å². The Morgan fingerprint density at radius 3 is 2.80 bits per heavy atom. The topological polar surface area (TPSA) is 86.0 Å². The van der Waals surface area contributed by atoms with Crippen LogP contribution in [-0.4, -0.2) is 32.8 Å². The smallest absolute Gasteiger partial charge is 0.255 e. The average Bonchev–Trinajstić information content (AvgIpc) is 3.00. The molecular weight excluding hydrogens is 318 g/mol. The zero-order valence-electron chi connectivity index (χ0n) is 14.5. The van der Waals surface area contributed by atoms with Crippen molar-refractivity contribution in [1.82, 2.24) is 20.1 Å². The second-order valence-electron chi connectivity index (χ2n) is 7.37. The molecule has 1 saturated carbocycles. The summed E-state index contributed by atoms with van der Waals surface area (Å²) in [5.74, 6) is 3.90. The summed E-state index contributed by atoms with van der Waals surface area (Å²) in [6, 6.07) is 0. The summed E-state index contributed by atoms with van der Waals surface area (Å²) in [5.41, 5.74) is 2.57. The number of ether oxygens (including phenoxy) is 1. The van der Waals surface area contributed by atoms with Gasteiger partial charge >= 0.3 is 0 Å². The maximum Gasteiger partial charge on any atom is 0.255 e. The van der Waals surface area contributed by atoms with Gasteiger partial charge in [0.05, 0.1) is 6.10 Å². The van der Waals surface area contributed by atoms with E-state index in [9.17, 15) is 0 Å². The number of aryl methyl sites for hydroxylation is 2. The first-order chi connectivity index (χ1) is 12.3. The number of rotatable bonds is 5. The van der Waals surface area contributed by atoms with E-state index in [0.29, 0.717) is 17.6 Å². The molecule has 2 fully saturated rings. The molecule has 2 aromatic rings. The predicted molar refractivity (Wildman–Crippen MR) is 90.4 cm³/mol. The van der Waals surface area contributed by atoms with Gasteiger partial charge in [-0.15, -0.1) is 0 Å². The Kier molecular flexibility index (Phi) is 3.69. The Morgan fingerprint density at radius 2 is 2.00 bits per heavy atom. The molecule has 2 atom stereocenters. The van der Waals surface area contributed by atoms with E-state index in [1.165, 1.54) is 30.5 Å². The van der Waals surface area contributed by atoms with Crippen LogP contribution in [0.25, 0.3) is 0 Å². The molecule has 2 aromatic heterocycles. The van der Waals surface area contributed by atoms with Gasteiger partial charge in [0.1, 0.15) is 17.7 Å². The fourth-order valence-corrected chi connectivity index (χ4v) is 3.81. The molecule has 25 heavy (non-hydrogen) atoms. The minimum absolute atomic E-state index is 0.0776. The van der Waals surface area contributed by atoms with Crippen LogP contribution < -0.4 is 5.32 Å². The largest absolute Gasteiger partial charge is 0.367 e. The highest BCUT2D eigenvalue weighted by Gasteiger charge is 2.32. The second-order valence-corrected chi connectivity index (χ2v) is 7.37. The highest BCUT2D eigenvalue weighted by atomic mass is 16.5. The number of hydrogen-bond donors (Lipinski definition) is 1. The summed E-state index contributed by atoms with van der Waals surface area (Å²) >= 11 is 0. The van der Waals surface area contributed by atoms with Gasteiger partial charge in [-0.2, -0.15) is 4.98 Å². The molecule has 7 nitrogen and oxygen atoms in total. The molecule has 1 N–H and O–H groups in total. The van der Waals surface area contributed by atoms with Crippen LogP contribution in [0.3, 0.4) is 0 Å². The van der Waals surface area contributed by atoms with E-state index in [-0.39, 0.29) is 12.2 Å².